The molecule has 0 amide bonds. The second kappa shape index (κ2) is 6.17. The molecule has 0 saturated heterocycles. The van der Waals surface area contributed by atoms with Crippen molar-refractivity contribution in [3.8, 4) is 11.8 Å². The standard InChI is InChI=1S/C14H9BrN2O3/c15-12-5-13(17(18)19)7-14(6-12)20-9-11-3-1-10(8-16)2-4-11/h1-7H,9H2. The molecule has 0 saturated carbocycles. The Hall–Kier alpha value is -2.39. The minimum absolute atomic E-state index is 0.0331. The lowest BCUT2D eigenvalue weighted by Crippen LogP contribution is -1.96. The van der Waals surface area contributed by atoms with Gasteiger partial charge in [0.15, 0.2) is 0 Å². The van der Waals surface area contributed by atoms with E-state index >= 15 is 0 Å². The first kappa shape index (κ1) is 14.0. The molecule has 2 aromatic rings. The van der Waals surface area contributed by atoms with Crippen molar-refractivity contribution in [2.75, 3.05) is 0 Å². The summed E-state index contributed by atoms with van der Waals surface area (Å²) in [6, 6.07) is 13.4. The van der Waals surface area contributed by atoms with Gasteiger partial charge >= 0.3 is 0 Å². The molecule has 0 bridgehead atoms. The van der Waals surface area contributed by atoms with Crippen LogP contribution in [0.3, 0.4) is 0 Å². The highest BCUT2D eigenvalue weighted by molar-refractivity contribution is 9.10. The van der Waals surface area contributed by atoms with Crippen LogP contribution in [0, 0.1) is 21.4 Å². The van der Waals surface area contributed by atoms with Gasteiger partial charge in [0.05, 0.1) is 22.6 Å². The summed E-state index contributed by atoms with van der Waals surface area (Å²) in [5.41, 5.74) is 1.42. The molecular formula is C14H9BrN2O3. The summed E-state index contributed by atoms with van der Waals surface area (Å²) in [4.78, 5) is 10.3. The van der Waals surface area contributed by atoms with Gasteiger partial charge in [0, 0.05) is 10.5 Å². The van der Waals surface area contributed by atoms with Crippen molar-refractivity contribution in [3.05, 3.63) is 68.2 Å². The van der Waals surface area contributed by atoms with E-state index in [1.54, 1.807) is 30.3 Å². The maximum atomic E-state index is 10.7. The number of nitrogens with zero attached hydrogens (tertiary/aromatic N) is 2. The Balaban J connectivity index is 2.10. The number of hydrogen-bond donors (Lipinski definition) is 0. The summed E-state index contributed by atoms with van der Waals surface area (Å²) in [5, 5.41) is 19.4. The zero-order valence-electron chi connectivity index (χ0n) is 10.2. The average Bonchev–Trinajstić information content (AvgIpc) is 2.45. The molecule has 0 spiro atoms. The van der Waals surface area contributed by atoms with E-state index in [2.05, 4.69) is 15.9 Å². The van der Waals surface area contributed by atoms with Crippen LogP contribution in [0.1, 0.15) is 11.1 Å². The topological polar surface area (TPSA) is 76.2 Å². The Morgan fingerprint density at radius 2 is 1.95 bits per heavy atom. The number of nitriles is 1. The van der Waals surface area contributed by atoms with E-state index in [0.29, 0.717) is 15.8 Å². The third kappa shape index (κ3) is 3.56. The van der Waals surface area contributed by atoms with Gasteiger partial charge in [-0.2, -0.15) is 5.26 Å². The van der Waals surface area contributed by atoms with Crippen LogP contribution in [0.2, 0.25) is 0 Å². The van der Waals surface area contributed by atoms with Crippen LogP contribution in [-0.2, 0) is 6.61 Å². The van der Waals surface area contributed by atoms with Crippen molar-refractivity contribution >= 4 is 21.6 Å². The molecule has 0 aliphatic heterocycles. The molecule has 0 radical (unpaired) electrons. The third-order valence-electron chi connectivity index (χ3n) is 2.56. The quantitative estimate of drug-likeness (QED) is 0.630. The minimum Gasteiger partial charge on any atom is -0.489 e. The van der Waals surface area contributed by atoms with Gasteiger partial charge < -0.3 is 4.74 Å². The number of ether oxygens (including phenoxy) is 1. The van der Waals surface area contributed by atoms with Crippen LogP contribution in [0.15, 0.2) is 46.9 Å². The Morgan fingerprint density at radius 3 is 2.55 bits per heavy atom. The van der Waals surface area contributed by atoms with E-state index in [4.69, 9.17) is 10.00 Å². The SMILES string of the molecule is N#Cc1ccc(COc2cc(Br)cc([N+](=O)[O-])c2)cc1. The van der Waals surface area contributed by atoms with Crippen molar-refractivity contribution in [1.29, 1.82) is 5.26 Å². The lowest BCUT2D eigenvalue weighted by Gasteiger charge is -2.07. The summed E-state index contributed by atoms with van der Waals surface area (Å²) in [6.45, 7) is 0.277. The largest absolute Gasteiger partial charge is 0.489 e. The predicted octanol–water partition coefficient (Wildman–Crippen LogP) is 3.81. The molecule has 2 rings (SSSR count). The number of rotatable bonds is 4. The Kier molecular flexibility index (Phi) is 4.33. The van der Waals surface area contributed by atoms with Crippen LogP contribution in [0.4, 0.5) is 5.69 Å². The number of nitro groups is 1. The van der Waals surface area contributed by atoms with Crippen LogP contribution in [-0.4, -0.2) is 4.92 Å². The molecule has 0 aromatic heterocycles. The molecule has 0 aliphatic carbocycles. The normalized spacial score (nSPS) is 9.80. The molecule has 0 atom stereocenters. The summed E-state index contributed by atoms with van der Waals surface area (Å²) in [5.74, 6) is 0.412. The van der Waals surface area contributed by atoms with Crippen molar-refractivity contribution in [2.24, 2.45) is 0 Å². The van der Waals surface area contributed by atoms with Crippen LogP contribution in [0.25, 0.3) is 0 Å². The zero-order chi connectivity index (χ0) is 14.5. The van der Waals surface area contributed by atoms with Gasteiger partial charge in [0.2, 0.25) is 0 Å². The highest BCUT2D eigenvalue weighted by Crippen LogP contribution is 2.26. The molecule has 0 aliphatic rings. The molecule has 0 unspecified atom stereocenters. The maximum Gasteiger partial charge on any atom is 0.274 e. The molecule has 2 aromatic carbocycles. The second-order valence-corrected chi connectivity index (χ2v) is 4.92. The summed E-state index contributed by atoms with van der Waals surface area (Å²) >= 11 is 3.21. The first-order chi connectivity index (χ1) is 9.58. The van der Waals surface area contributed by atoms with Gasteiger partial charge in [-0.05, 0) is 23.8 Å². The van der Waals surface area contributed by atoms with Crippen LogP contribution < -0.4 is 4.74 Å². The van der Waals surface area contributed by atoms with Gasteiger partial charge in [-0.1, -0.05) is 28.1 Å². The number of non-ortho nitro benzene ring substituents is 1. The van der Waals surface area contributed by atoms with Gasteiger partial charge in [0.25, 0.3) is 5.69 Å². The summed E-state index contributed by atoms with van der Waals surface area (Å²) in [6.07, 6.45) is 0. The third-order valence-corrected chi connectivity index (χ3v) is 3.01. The maximum absolute atomic E-state index is 10.7. The fourth-order valence-electron chi connectivity index (χ4n) is 1.58. The van der Waals surface area contributed by atoms with Crippen LogP contribution in [0.5, 0.6) is 5.75 Å². The van der Waals surface area contributed by atoms with Crippen molar-refractivity contribution in [2.45, 2.75) is 6.61 Å². The van der Waals surface area contributed by atoms with Crippen molar-refractivity contribution in [3.63, 3.8) is 0 Å². The Morgan fingerprint density at radius 1 is 1.25 bits per heavy atom. The van der Waals surface area contributed by atoms with E-state index in [1.807, 2.05) is 6.07 Å². The molecule has 6 heteroatoms. The summed E-state index contributed by atoms with van der Waals surface area (Å²) in [7, 11) is 0. The predicted molar refractivity (Wildman–Crippen MR) is 76.3 cm³/mol. The zero-order valence-corrected chi connectivity index (χ0v) is 11.8. The molecule has 5 nitrogen and oxygen atoms in total. The fourth-order valence-corrected chi connectivity index (χ4v) is 2.04. The number of benzene rings is 2. The Labute approximate surface area is 123 Å². The van der Waals surface area contributed by atoms with E-state index in [-0.39, 0.29) is 12.3 Å². The van der Waals surface area contributed by atoms with Crippen LogP contribution >= 0.6 is 15.9 Å². The average molecular weight is 333 g/mol. The van der Waals surface area contributed by atoms with Crippen molar-refractivity contribution < 1.29 is 9.66 Å². The smallest absolute Gasteiger partial charge is 0.274 e. The fraction of sp³-hybridized carbons (Fsp3) is 0.0714. The van der Waals surface area contributed by atoms with Gasteiger partial charge in [-0.15, -0.1) is 0 Å². The molecule has 0 fully saturated rings. The molecule has 100 valence electrons. The lowest BCUT2D eigenvalue weighted by atomic mass is 10.1. The Bertz CT molecular complexity index is 678. The monoisotopic (exact) mass is 332 g/mol. The number of nitro benzene ring substituents is 1. The molecular weight excluding hydrogens is 324 g/mol. The van der Waals surface area contributed by atoms with E-state index in [1.165, 1.54) is 12.1 Å². The first-order valence-corrected chi connectivity index (χ1v) is 6.44. The van der Waals surface area contributed by atoms with E-state index in [9.17, 15) is 10.1 Å². The van der Waals surface area contributed by atoms with E-state index < -0.39 is 4.92 Å². The van der Waals surface area contributed by atoms with Gasteiger partial charge in [-0.3, -0.25) is 10.1 Å². The van der Waals surface area contributed by atoms with Gasteiger partial charge in [0.1, 0.15) is 12.4 Å². The highest BCUT2D eigenvalue weighted by atomic mass is 79.9. The van der Waals surface area contributed by atoms with Crippen molar-refractivity contribution in [1.82, 2.24) is 0 Å². The molecule has 20 heavy (non-hydrogen) atoms. The van der Waals surface area contributed by atoms with Gasteiger partial charge in [-0.25, -0.2) is 0 Å². The molecule has 0 N–H and O–H groups in total. The number of halogens is 1. The number of hydrogen-bond acceptors (Lipinski definition) is 4. The van der Waals surface area contributed by atoms with E-state index in [0.717, 1.165) is 5.56 Å². The first-order valence-electron chi connectivity index (χ1n) is 5.65. The second-order valence-electron chi connectivity index (χ2n) is 4.00. The highest BCUT2D eigenvalue weighted by Gasteiger charge is 2.09. The lowest BCUT2D eigenvalue weighted by molar-refractivity contribution is -0.385. The molecule has 0 heterocycles. The summed E-state index contributed by atoms with van der Waals surface area (Å²) < 4.78 is 6.10. The minimum atomic E-state index is -0.473.